The molecule has 16 heavy (non-hydrogen) atoms. The minimum absolute atomic E-state index is 0.0347. The summed E-state index contributed by atoms with van der Waals surface area (Å²) >= 11 is 3.37. The Morgan fingerprint density at radius 2 is 2.50 bits per heavy atom. The normalized spacial score (nSPS) is 20.2. The summed E-state index contributed by atoms with van der Waals surface area (Å²) in [4.78, 5) is 13.4. The van der Waals surface area contributed by atoms with Gasteiger partial charge in [-0.2, -0.15) is 10.4 Å². The molecule has 0 spiro atoms. The molecule has 0 aliphatic carbocycles. The van der Waals surface area contributed by atoms with Gasteiger partial charge in [0, 0.05) is 18.3 Å². The van der Waals surface area contributed by atoms with Crippen molar-refractivity contribution in [3.05, 3.63) is 11.3 Å². The van der Waals surface area contributed by atoms with Gasteiger partial charge in [-0.25, -0.2) is 0 Å². The molecular weight excluding hydrogens is 272 g/mol. The van der Waals surface area contributed by atoms with E-state index in [2.05, 4.69) is 32.2 Å². The molecule has 5 nitrogen and oxygen atoms in total. The highest BCUT2D eigenvalue weighted by Crippen LogP contribution is 2.27. The molecule has 1 aliphatic heterocycles. The number of anilines is 1. The predicted octanol–water partition coefficient (Wildman–Crippen LogP) is 1.34. The molecule has 1 aromatic rings. The number of hydrogen-bond acceptors (Lipinski definition) is 3. The molecule has 2 rings (SSSR count). The van der Waals surface area contributed by atoms with E-state index in [-0.39, 0.29) is 5.91 Å². The first-order valence-electron chi connectivity index (χ1n) is 4.98. The fourth-order valence-electron chi connectivity index (χ4n) is 1.84. The largest absolute Gasteiger partial charge is 0.294 e. The number of carbonyl (C=O) groups is 1. The monoisotopic (exact) mass is 282 g/mol. The summed E-state index contributed by atoms with van der Waals surface area (Å²) < 4.78 is 0. The van der Waals surface area contributed by atoms with E-state index in [0.717, 1.165) is 5.33 Å². The minimum Gasteiger partial charge on any atom is -0.294 e. The van der Waals surface area contributed by atoms with Crippen molar-refractivity contribution in [2.75, 3.05) is 16.8 Å². The van der Waals surface area contributed by atoms with E-state index in [1.807, 2.05) is 0 Å². The molecule has 1 saturated heterocycles. The fraction of sp³-hybridized carbons (Fsp3) is 0.500. The van der Waals surface area contributed by atoms with E-state index in [1.165, 1.54) is 0 Å². The number of rotatable bonds is 2. The smallest absolute Gasteiger partial charge is 0.228 e. The zero-order chi connectivity index (χ0) is 11.7. The van der Waals surface area contributed by atoms with Crippen molar-refractivity contribution in [1.82, 2.24) is 10.2 Å². The molecule has 84 valence electrons. The van der Waals surface area contributed by atoms with E-state index in [0.29, 0.717) is 36.0 Å². The van der Waals surface area contributed by atoms with Crippen molar-refractivity contribution in [3.63, 3.8) is 0 Å². The maximum Gasteiger partial charge on any atom is 0.228 e. The molecule has 1 unspecified atom stereocenters. The summed E-state index contributed by atoms with van der Waals surface area (Å²) in [7, 11) is 0. The van der Waals surface area contributed by atoms with Crippen LogP contribution in [0, 0.1) is 24.2 Å². The topological polar surface area (TPSA) is 72.8 Å². The van der Waals surface area contributed by atoms with Crippen molar-refractivity contribution in [3.8, 4) is 6.07 Å². The Morgan fingerprint density at radius 3 is 3.06 bits per heavy atom. The highest BCUT2D eigenvalue weighted by atomic mass is 79.9. The first kappa shape index (κ1) is 11.1. The maximum absolute atomic E-state index is 11.8. The summed E-state index contributed by atoms with van der Waals surface area (Å²) in [6.07, 6.45) is 0.516. The Bertz CT molecular complexity index is 462. The molecule has 1 N–H and O–H groups in total. The lowest BCUT2D eigenvalue weighted by molar-refractivity contribution is -0.117. The molecule has 0 aromatic carbocycles. The summed E-state index contributed by atoms with van der Waals surface area (Å²) in [6, 6.07) is 2.07. The van der Waals surface area contributed by atoms with Crippen LogP contribution in [0.15, 0.2) is 0 Å². The Hall–Kier alpha value is -1.35. The van der Waals surface area contributed by atoms with Crippen LogP contribution in [0.1, 0.15) is 17.7 Å². The lowest BCUT2D eigenvalue weighted by atomic mass is 10.2. The van der Waals surface area contributed by atoms with Gasteiger partial charge in [0.2, 0.25) is 5.91 Å². The Kier molecular flexibility index (Phi) is 2.97. The molecule has 0 bridgehead atoms. The van der Waals surface area contributed by atoms with E-state index < -0.39 is 0 Å². The van der Waals surface area contributed by atoms with Crippen molar-refractivity contribution >= 4 is 27.7 Å². The van der Waals surface area contributed by atoms with Gasteiger partial charge in [0.15, 0.2) is 5.82 Å². The third kappa shape index (κ3) is 1.71. The van der Waals surface area contributed by atoms with Crippen LogP contribution in [0.4, 0.5) is 5.82 Å². The number of carbonyl (C=O) groups excluding carboxylic acids is 1. The van der Waals surface area contributed by atoms with Crippen LogP contribution >= 0.6 is 15.9 Å². The number of nitrogens with one attached hydrogen (secondary N) is 1. The molecular formula is C10H11BrN4O. The number of nitriles is 1. The molecule has 1 fully saturated rings. The summed E-state index contributed by atoms with van der Waals surface area (Å²) in [5, 5.41) is 16.6. The lowest BCUT2D eigenvalue weighted by Gasteiger charge is -2.13. The molecule has 1 amide bonds. The Morgan fingerprint density at radius 1 is 1.75 bits per heavy atom. The standard InChI is InChI=1S/C10H11BrN4O/c1-6-8(4-12)10(14-13-6)15-5-7(3-11)2-9(15)16/h7H,2-3,5H2,1H3,(H,13,14). The molecule has 1 atom stereocenters. The van der Waals surface area contributed by atoms with Gasteiger partial charge in [-0.05, 0) is 12.8 Å². The van der Waals surface area contributed by atoms with Gasteiger partial charge in [-0.3, -0.25) is 14.8 Å². The van der Waals surface area contributed by atoms with Crippen LogP contribution < -0.4 is 4.90 Å². The van der Waals surface area contributed by atoms with Gasteiger partial charge in [-0.1, -0.05) is 15.9 Å². The third-order valence-electron chi connectivity index (χ3n) is 2.72. The molecule has 6 heteroatoms. The fourth-order valence-corrected chi connectivity index (χ4v) is 2.27. The number of H-pyrrole nitrogens is 1. The third-order valence-corrected chi connectivity index (χ3v) is 3.63. The number of amides is 1. The predicted molar refractivity (Wildman–Crippen MR) is 62.3 cm³/mol. The zero-order valence-electron chi connectivity index (χ0n) is 8.83. The van der Waals surface area contributed by atoms with Crippen molar-refractivity contribution < 1.29 is 4.79 Å². The van der Waals surface area contributed by atoms with Gasteiger partial charge in [-0.15, -0.1) is 0 Å². The van der Waals surface area contributed by atoms with Gasteiger partial charge in [0.1, 0.15) is 11.6 Å². The second kappa shape index (κ2) is 4.26. The number of nitrogens with zero attached hydrogens (tertiary/aromatic N) is 3. The summed E-state index contributed by atoms with van der Waals surface area (Å²) in [5.41, 5.74) is 1.16. The Labute approximate surface area is 102 Å². The average Bonchev–Trinajstić information content (AvgIpc) is 2.81. The van der Waals surface area contributed by atoms with Gasteiger partial charge < -0.3 is 0 Å². The summed E-state index contributed by atoms with van der Waals surface area (Å²) in [5.74, 6) is 0.803. The van der Waals surface area contributed by atoms with Crippen LogP contribution in [0.3, 0.4) is 0 Å². The van der Waals surface area contributed by atoms with E-state index in [1.54, 1.807) is 11.8 Å². The molecule has 1 aromatic heterocycles. The van der Waals surface area contributed by atoms with Crippen molar-refractivity contribution in [2.24, 2.45) is 5.92 Å². The number of halogens is 1. The van der Waals surface area contributed by atoms with Crippen LogP contribution in [0.25, 0.3) is 0 Å². The first-order chi connectivity index (χ1) is 7.67. The number of aromatic amines is 1. The average molecular weight is 283 g/mol. The van der Waals surface area contributed by atoms with E-state index in [9.17, 15) is 4.79 Å². The highest BCUT2D eigenvalue weighted by molar-refractivity contribution is 9.09. The maximum atomic E-state index is 11.8. The minimum atomic E-state index is 0.0347. The zero-order valence-corrected chi connectivity index (χ0v) is 10.4. The second-order valence-electron chi connectivity index (χ2n) is 3.89. The number of aromatic nitrogens is 2. The second-order valence-corrected chi connectivity index (χ2v) is 4.54. The van der Waals surface area contributed by atoms with Crippen LogP contribution in [0.2, 0.25) is 0 Å². The molecule has 1 aliphatic rings. The van der Waals surface area contributed by atoms with E-state index >= 15 is 0 Å². The van der Waals surface area contributed by atoms with Gasteiger partial charge >= 0.3 is 0 Å². The van der Waals surface area contributed by atoms with Crippen LogP contribution in [0.5, 0.6) is 0 Å². The molecule has 0 radical (unpaired) electrons. The van der Waals surface area contributed by atoms with Crippen molar-refractivity contribution in [1.29, 1.82) is 5.26 Å². The van der Waals surface area contributed by atoms with Gasteiger partial charge in [0.25, 0.3) is 0 Å². The van der Waals surface area contributed by atoms with E-state index in [4.69, 9.17) is 5.26 Å². The lowest BCUT2D eigenvalue weighted by Crippen LogP contribution is -2.25. The quantitative estimate of drug-likeness (QED) is 0.832. The SMILES string of the molecule is Cc1[nH]nc(N2CC(CBr)CC2=O)c1C#N. The molecule has 0 saturated carbocycles. The highest BCUT2D eigenvalue weighted by Gasteiger charge is 2.33. The number of aryl methyl sites for hydroxylation is 1. The first-order valence-corrected chi connectivity index (χ1v) is 6.11. The Balaban J connectivity index is 2.32. The molecule has 2 heterocycles. The van der Waals surface area contributed by atoms with Crippen molar-refractivity contribution in [2.45, 2.75) is 13.3 Å². The summed E-state index contributed by atoms with van der Waals surface area (Å²) in [6.45, 7) is 2.40. The van der Waals surface area contributed by atoms with Gasteiger partial charge in [0.05, 0.1) is 5.69 Å². The number of alkyl halides is 1. The number of hydrogen-bond donors (Lipinski definition) is 1. The van der Waals surface area contributed by atoms with Crippen LogP contribution in [-0.2, 0) is 4.79 Å². The van der Waals surface area contributed by atoms with Crippen LogP contribution in [-0.4, -0.2) is 28.0 Å².